The number of hydrogen-bond acceptors (Lipinski definition) is 5. The van der Waals surface area contributed by atoms with Crippen LogP contribution in [0.25, 0.3) is 0 Å². The summed E-state index contributed by atoms with van der Waals surface area (Å²) in [6.45, 7) is 2.81. The molecule has 15 heavy (non-hydrogen) atoms. The summed E-state index contributed by atoms with van der Waals surface area (Å²) in [5.74, 6) is -0.277. The van der Waals surface area contributed by atoms with E-state index >= 15 is 0 Å². The van der Waals surface area contributed by atoms with Gasteiger partial charge in [0, 0.05) is 24.3 Å². The van der Waals surface area contributed by atoms with Crippen LogP contribution in [-0.4, -0.2) is 28.3 Å². The van der Waals surface area contributed by atoms with Crippen molar-refractivity contribution in [3.05, 3.63) is 5.69 Å². The molecule has 7 heteroatoms. The lowest BCUT2D eigenvalue weighted by atomic mass is 10.6. The third-order valence-electron chi connectivity index (χ3n) is 1.76. The molecule has 1 aromatic heterocycles. The van der Waals surface area contributed by atoms with Crippen LogP contribution in [0.2, 0.25) is 0 Å². The SMILES string of the molecule is [2H]C([2H])([2H])S(=N)(=O)c1sc(N(C)C(C)=O)nc1C. The lowest BCUT2D eigenvalue weighted by Crippen LogP contribution is -2.22. The molecule has 1 heterocycles. The number of amides is 1. The van der Waals surface area contributed by atoms with Crippen molar-refractivity contribution in [2.24, 2.45) is 0 Å². The second kappa shape index (κ2) is 3.90. The third-order valence-corrected chi connectivity index (χ3v) is 4.56. The molecule has 5 nitrogen and oxygen atoms in total. The number of aryl methyl sites for hydroxylation is 1. The van der Waals surface area contributed by atoms with Gasteiger partial charge in [0.1, 0.15) is 4.21 Å². The molecule has 0 saturated heterocycles. The van der Waals surface area contributed by atoms with E-state index in [4.69, 9.17) is 8.89 Å². The number of carbonyl (C=O) groups is 1. The molecule has 0 aliphatic carbocycles. The highest BCUT2D eigenvalue weighted by atomic mass is 32.2. The number of aromatic nitrogens is 1. The molecule has 1 rings (SSSR count). The van der Waals surface area contributed by atoms with E-state index in [9.17, 15) is 9.00 Å². The van der Waals surface area contributed by atoms with Crippen LogP contribution in [0.3, 0.4) is 0 Å². The number of thiazole rings is 1. The molecule has 1 N–H and O–H groups in total. The molecule has 0 aliphatic rings. The van der Waals surface area contributed by atoms with Gasteiger partial charge >= 0.3 is 0 Å². The van der Waals surface area contributed by atoms with Crippen LogP contribution in [0.5, 0.6) is 0 Å². The molecular weight excluding hydrogens is 234 g/mol. The van der Waals surface area contributed by atoms with Crippen molar-refractivity contribution in [2.75, 3.05) is 18.1 Å². The van der Waals surface area contributed by atoms with E-state index in [1.54, 1.807) is 0 Å². The summed E-state index contributed by atoms with van der Waals surface area (Å²) < 4.78 is 40.9. The predicted octanol–water partition coefficient (Wildman–Crippen LogP) is 1.47. The van der Waals surface area contributed by atoms with Gasteiger partial charge in [-0.25, -0.2) is 14.0 Å². The minimum atomic E-state index is -3.93. The van der Waals surface area contributed by atoms with Crippen LogP contribution >= 0.6 is 11.3 Å². The highest BCUT2D eigenvalue weighted by molar-refractivity contribution is 7.93. The van der Waals surface area contributed by atoms with Gasteiger partial charge in [-0.05, 0) is 6.92 Å². The fraction of sp³-hybridized carbons (Fsp3) is 0.500. The summed E-state index contributed by atoms with van der Waals surface area (Å²) >= 11 is 0.801. The molecule has 0 spiro atoms. The number of carbonyl (C=O) groups excluding carboxylic acids is 1. The van der Waals surface area contributed by atoms with Crippen LogP contribution in [0, 0.1) is 11.7 Å². The molecule has 0 aliphatic heterocycles. The van der Waals surface area contributed by atoms with Gasteiger partial charge in [0.25, 0.3) is 0 Å². The van der Waals surface area contributed by atoms with Crippen molar-refractivity contribution in [3.8, 4) is 0 Å². The van der Waals surface area contributed by atoms with E-state index in [1.807, 2.05) is 0 Å². The summed E-state index contributed by atoms with van der Waals surface area (Å²) in [5, 5.41) is 0.235. The zero-order valence-electron chi connectivity index (χ0n) is 11.5. The molecule has 0 bridgehead atoms. The standard InChI is InChI=1S/C8H13N3O2S2/c1-5-7(15(4,9)13)14-8(10-5)11(3)6(2)12/h9H,1-4H3/i4D3. The lowest BCUT2D eigenvalue weighted by Gasteiger charge is -2.09. The first-order valence-electron chi connectivity index (χ1n) is 5.48. The molecule has 1 unspecified atom stereocenters. The minimum absolute atomic E-state index is 0.106. The molecular formula is C8H13N3O2S2. The quantitative estimate of drug-likeness (QED) is 0.863. The van der Waals surface area contributed by atoms with Crippen LogP contribution in [-0.2, 0) is 14.5 Å². The van der Waals surface area contributed by atoms with E-state index in [0.29, 0.717) is 0 Å². The topological polar surface area (TPSA) is 74.1 Å². The number of anilines is 1. The summed E-state index contributed by atoms with van der Waals surface area (Å²) in [4.78, 5) is 16.4. The number of rotatable bonds is 2. The Morgan fingerprint density at radius 3 is 2.80 bits per heavy atom. The fourth-order valence-corrected chi connectivity index (χ4v) is 2.88. The van der Waals surface area contributed by atoms with E-state index in [1.165, 1.54) is 25.8 Å². The number of nitrogens with zero attached hydrogens (tertiary/aromatic N) is 2. The summed E-state index contributed by atoms with van der Waals surface area (Å²) in [6, 6.07) is 0. The average Bonchev–Trinajstić information content (AvgIpc) is 2.57. The van der Waals surface area contributed by atoms with Crippen molar-refractivity contribution < 1.29 is 13.1 Å². The van der Waals surface area contributed by atoms with Gasteiger partial charge < -0.3 is 0 Å². The highest BCUT2D eigenvalue weighted by Gasteiger charge is 2.17. The van der Waals surface area contributed by atoms with Gasteiger partial charge in [0.2, 0.25) is 5.91 Å². The molecule has 1 atom stereocenters. The fourth-order valence-electron chi connectivity index (χ4n) is 0.914. The number of nitrogens with one attached hydrogen (secondary N) is 1. The molecule has 0 saturated carbocycles. The average molecular weight is 250 g/mol. The Labute approximate surface area is 97.3 Å². The van der Waals surface area contributed by atoms with Crippen molar-refractivity contribution in [3.63, 3.8) is 0 Å². The Bertz CT molecular complexity index is 577. The predicted molar refractivity (Wildman–Crippen MR) is 61.0 cm³/mol. The maximum atomic E-state index is 12.0. The first kappa shape index (κ1) is 8.23. The molecule has 0 radical (unpaired) electrons. The van der Waals surface area contributed by atoms with E-state index in [2.05, 4.69) is 4.98 Å². The summed E-state index contributed by atoms with van der Waals surface area (Å²) in [7, 11) is -2.45. The largest absolute Gasteiger partial charge is 0.291 e. The first-order valence-corrected chi connectivity index (χ1v) is 6.36. The van der Waals surface area contributed by atoms with Crippen LogP contribution in [0.1, 0.15) is 16.7 Å². The van der Waals surface area contributed by atoms with Crippen molar-refractivity contribution in [1.82, 2.24) is 4.98 Å². The van der Waals surface area contributed by atoms with Gasteiger partial charge in [0.15, 0.2) is 5.13 Å². The van der Waals surface area contributed by atoms with Crippen molar-refractivity contribution in [2.45, 2.75) is 18.1 Å². The Hall–Kier alpha value is -0.950. The number of hydrogen-bond donors (Lipinski definition) is 1. The van der Waals surface area contributed by atoms with Crippen LogP contribution < -0.4 is 4.90 Å². The second-order valence-corrected chi connectivity index (χ2v) is 5.76. The Morgan fingerprint density at radius 1 is 1.73 bits per heavy atom. The van der Waals surface area contributed by atoms with E-state index in [-0.39, 0.29) is 20.9 Å². The molecule has 1 aromatic rings. The van der Waals surface area contributed by atoms with Gasteiger partial charge in [-0.15, -0.1) is 0 Å². The maximum Gasteiger partial charge on any atom is 0.225 e. The Kier molecular flexibility index (Phi) is 2.14. The smallest absolute Gasteiger partial charge is 0.225 e. The van der Waals surface area contributed by atoms with Gasteiger partial charge in [-0.3, -0.25) is 9.69 Å². The van der Waals surface area contributed by atoms with E-state index in [0.717, 1.165) is 11.3 Å². The van der Waals surface area contributed by atoms with E-state index < -0.39 is 15.9 Å². The van der Waals surface area contributed by atoms with Gasteiger partial charge in [-0.1, -0.05) is 11.3 Å². The lowest BCUT2D eigenvalue weighted by molar-refractivity contribution is -0.116. The molecule has 1 amide bonds. The second-order valence-electron chi connectivity index (χ2n) is 3.00. The third kappa shape index (κ3) is 2.54. The monoisotopic (exact) mass is 250 g/mol. The van der Waals surface area contributed by atoms with Crippen molar-refractivity contribution in [1.29, 1.82) is 4.78 Å². The van der Waals surface area contributed by atoms with Crippen LogP contribution in [0.4, 0.5) is 5.13 Å². The highest BCUT2D eigenvalue weighted by Crippen LogP contribution is 2.29. The first-order chi connectivity index (χ1) is 7.98. The van der Waals surface area contributed by atoms with Gasteiger partial charge in [-0.2, -0.15) is 0 Å². The Balaban J connectivity index is 3.35. The Morgan fingerprint density at radius 2 is 2.33 bits per heavy atom. The molecule has 0 fully saturated rings. The summed E-state index contributed by atoms with van der Waals surface area (Å²) in [5.41, 5.74) is 0.208. The summed E-state index contributed by atoms with van der Waals surface area (Å²) in [6.07, 6.45) is -2.91. The zero-order valence-corrected chi connectivity index (χ0v) is 10.2. The maximum absolute atomic E-state index is 12.0. The minimum Gasteiger partial charge on any atom is -0.291 e. The van der Waals surface area contributed by atoms with Crippen LogP contribution in [0.15, 0.2) is 4.21 Å². The van der Waals surface area contributed by atoms with Crippen molar-refractivity contribution >= 4 is 32.1 Å². The molecule has 84 valence electrons. The van der Waals surface area contributed by atoms with Gasteiger partial charge in [0.05, 0.1) is 15.4 Å². The normalized spacial score (nSPS) is 18.5. The zero-order chi connectivity index (χ0) is 14.3. The molecule has 0 aromatic carbocycles.